The Kier molecular flexibility index (Phi) is 7.58. The fourth-order valence-corrected chi connectivity index (χ4v) is 3.79. The predicted molar refractivity (Wildman–Crippen MR) is 117 cm³/mol. The molecule has 0 bridgehead atoms. The maximum Gasteiger partial charge on any atom is 0.226 e. The van der Waals surface area contributed by atoms with Crippen LogP contribution in [0.1, 0.15) is 30.3 Å². The first-order valence-corrected chi connectivity index (χ1v) is 10.9. The van der Waals surface area contributed by atoms with Gasteiger partial charge in [0, 0.05) is 38.0 Å². The molecule has 1 aromatic heterocycles. The molecule has 4 rings (SSSR count). The van der Waals surface area contributed by atoms with Crippen LogP contribution in [0.2, 0.25) is 0 Å². The van der Waals surface area contributed by atoms with E-state index in [1.807, 2.05) is 30.3 Å². The summed E-state index contributed by atoms with van der Waals surface area (Å²) in [6.07, 6.45) is 1.52. The van der Waals surface area contributed by atoms with Gasteiger partial charge >= 0.3 is 0 Å². The average molecular weight is 439 g/mol. The summed E-state index contributed by atoms with van der Waals surface area (Å²) in [4.78, 5) is 19.1. The molecule has 1 atom stereocenters. The summed E-state index contributed by atoms with van der Waals surface area (Å²) in [6, 6.07) is 16.1. The van der Waals surface area contributed by atoms with Gasteiger partial charge < -0.3 is 14.6 Å². The van der Waals surface area contributed by atoms with Gasteiger partial charge in [-0.2, -0.15) is 4.98 Å². The van der Waals surface area contributed by atoms with Crippen LogP contribution in [-0.2, 0) is 16.0 Å². The fraction of sp³-hybridized carbons (Fsp3) is 0.375. The third-order valence-corrected chi connectivity index (χ3v) is 5.53. The molecule has 7 nitrogen and oxygen atoms in total. The monoisotopic (exact) mass is 438 g/mol. The second-order valence-electron chi connectivity index (χ2n) is 7.75. The minimum absolute atomic E-state index is 0.0205. The van der Waals surface area contributed by atoms with Crippen molar-refractivity contribution in [2.75, 3.05) is 32.8 Å². The Morgan fingerprint density at radius 1 is 1.09 bits per heavy atom. The topological polar surface area (TPSA) is 80.5 Å². The van der Waals surface area contributed by atoms with Crippen LogP contribution in [0, 0.1) is 5.82 Å². The van der Waals surface area contributed by atoms with Crippen molar-refractivity contribution in [2.45, 2.75) is 25.3 Å². The van der Waals surface area contributed by atoms with Crippen molar-refractivity contribution < 1.29 is 18.4 Å². The van der Waals surface area contributed by atoms with E-state index in [2.05, 4.69) is 20.4 Å². The van der Waals surface area contributed by atoms with Crippen molar-refractivity contribution in [1.29, 1.82) is 0 Å². The molecule has 8 heteroatoms. The molecule has 1 aliphatic rings. The number of rotatable bonds is 9. The van der Waals surface area contributed by atoms with Gasteiger partial charge in [0.1, 0.15) is 5.82 Å². The average Bonchev–Trinajstić information content (AvgIpc) is 3.31. The van der Waals surface area contributed by atoms with Crippen LogP contribution in [0.4, 0.5) is 4.39 Å². The first-order valence-electron chi connectivity index (χ1n) is 10.9. The maximum atomic E-state index is 13.4. The molecule has 1 aliphatic heterocycles. The Hall–Kier alpha value is -3.10. The van der Waals surface area contributed by atoms with Gasteiger partial charge in [-0.05, 0) is 24.1 Å². The largest absolute Gasteiger partial charge is 0.379 e. The van der Waals surface area contributed by atoms with E-state index in [9.17, 15) is 9.18 Å². The van der Waals surface area contributed by atoms with E-state index in [0.717, 1.165) is 24.2 Å². The fourth-order valence-electron chi connectivity index (χ4n) is 3.79. The molecule has 1 saturated heterocycles. The van der Waals surface area contributed by atoms with Crippen molar-refractivity contribution >= 4 is 5.91 Å². The van der Waals surface area contributed by atoms with Crippen molar-refractivity contribution in [3.8, 4) is 11.4 Å². The predicted octanol–water partition coefficient (Wildman–Crippen LogP) is 3.39. The van der Waals surface area contributed by atoms with Crippen LogP contribution in [0.5, 0.6) is 0 Å². The molecule has 0 saturated carbocycles. The molecular weight excluding hydrogens is 411 g/mol. The summed E-state index contributed by atoms with van der Waals surface area (Å²) in [7, 11) is 0. The van der Waals surface area contributed by atoms with Gasteiger partial charge in [-0.3, -0.25) is 9.69 Å². The lowest BCUT2D eigenvalue weighted by Crippen LogP contribution is -2.43. The molecule has 1 fully saturated rings. The first kappa shape index (κ1) is 22.1. The highest BCUT2D eigenvalue weighted by atomic mass is 19.1. The second-order valence-corrected chi connectivity index (χ2v) is 7.75. The number of aryl methyl sites for hydroxylation is 1. The Balaban J connectivity index is 1.27. The van der Waals surface area contributed by atoms with E-state index in [-0.39, 0.29) is 17.8 Å². The van der Waals surface area contributed by atoms with Gasteiger partial charge in [-0.1, -0.05) is 47.6 Å². The number of nitrogens with zero attached hydrogens (tertiary/aromatic N) is 3. The van der Waals surface area contributed by atoms with E-state index in [0.29, 0.717) is 50.7 Å². The summed E-state index contributed by atoms with van der Waals surface area (Å²) in [6.45, 7) is 3.32. The lowest BCUT2D eigenvalue weighted by molar-refractivity contribution is -0.121. The molecule has 0 aliphatic carbocycles. The number of aromatic nitrogens is 2. The highest BCUT2D eigenvalue weighted by Crippen LogP contribution is 2.22. The Labute approximate surface area is 186 Å². The lowest BCUT2D eigenvalue weighted by atomic mass is 10.0. The quantitative estimate of drug-likeness (QED) is 0.552. The van der Waals surface area contributed by atoms with Gasteiger partial charge in [0.25, 0.3) is 0 Å². The number of benzene rings is 2. The SMILES string of the molecule is O=C(CCCc1nc(-c2ccccc2)no1)NCC(c1ccc(F)cc1)N1CCOCC1. The normalized spacial score (nSPS) is 15.4. The van der Waals surface area contributed by atoms with E-state index >= 15 is 0 Å². The highest BCUT2D eigenvalue weighted by Gasteiger charge is 2.23. The third-order valence-electron chi connectivity index (χ3n) is 5.53. The Morgan fingerprint density at radius 2 is 1.84 bits per heavy atom. The van der Waals surface area contributed by atoms with Gasteiger partial charge in [0.2, 0.25) is 17.6 Å². The zero-order valence-electron chi connectivity index (χ0n) is 17.9. The smallest absolute Gasteiger partial charge is 0.226 e. The molecule has 0 spiro atoms. The molecule has 1 amide bonds. The van der Waals surface area contributed by atoms with Crippen LogP contribution in [0.3, 0.4) is 0 Å². The zero-order chi connectivity index (χ0) is 22.2. The van der Waals surface area contributed by atoms with Crippen LogP contribution >= 0.6 is 0 Å². The van der Waals surface area contributed by atoms with Crippen LogP contribution in [-0.4, -0.2) is 53.8 Å². The second kappa shape index (κ2) is 11.0. The molecule has 32 heavy (non-hydrogen) atoms. The number of hydrogen-bond donors (Lipinski definition) is 1. The van der Waals surface area contributed by atoms with E-state index in [1.165, 1.54) is 12.1 Å². The first-order chi connectivity index (χ1) is 15.7. The van der Waals surface area contributed by atoms with Crippen molar-refractivity contribution in [1.82, 2.24) is 20.4 Å². The van der Waals surface area contributed by atoms with E-state index in [1.54, 1.807) is 12.1 Å². The lowest BCUT2D eigenvalue weighted by Gasteiger charge is -2.35. The standard InChI is InChI=1S/C24H27FN4O3/c25-20-11-9-18(10-12-20)21(29-13-15-31-16-14-29)17-26-22(30)7-4-8-23-27-24(28-32-23)19-5-2-1-3-6-19/h1-3,5-6,9-12,21H,4,7-8,13-17H2,(H,26,30). The number of morpholine rings is 1. The van der Waals surface area contributed by atoms with Gasteiger partial charge in [-0.15, -0.1) is 0 Å². The summed E-state index contributed by atoms with van der Waals surface area (Å²) in [5.41, 5.74) is 1.88. The van der Waals surface area contributed by atoms with Crippen molar-refractivity contribution in [2.24, 2.45) is 0 Å². The number of hydrogen-bond acceptors (Lipinski definition) is 6. The number of amides is 1. The number of nitrogens with one attached hydrogen (secondary N) is 1. The number of carbonyl (C=O) groups is 1. The molecule has 2 heterocycles. The zero-order valence-corrected chi connectivity index (χ0v) is 17.9. The van der Waals surface area contributed by atoms with Crippen LogP contribution in [0.15, 0.2) is 59.1 Å². The maximum absolute atomic E-state index is 13.4. The third kappa shape index (κ3) is 5.99. The van der Waals surface area contributed by atoms with Crippen molar-refractivity contribution in [3.63, 3.8) is 0 Å². The van der Waals surface area contributed by atoms with E-state index in [4.69, 9.17) is 9.26 Å². The minimum Gasteiger partial charge on any atom is -0.379 e. The molecular formula is C24H27FN4O3. The molecule has 168 valence electrons. The van der Waals surface area contributed by atoms with Crippen LogP contribution < -0.4 is 5.32 Å². The Bertz CT molecular complexity index is 988. The summed E-state index contributed by atoms with van der Waals surface area (Å²) in [5, 5.41) is 7.03. The number of carbonyl (C=O) groups excluding carboxylic acids is 1. The Morgan fingerprint density at radius 3 is 2.59 bits per heavy atom. The van der Waals surface area contributed by atoms with Gasteiger partial charge in [0.05, 0.1) is 19.3 Å². The summed E-state index contributed by atoms with van der Waals surface area (Å²) < 4.78 is 24.1. The van der Waals surface area contributed by atoms with Crippen molar-refractivity contribution in [3.05, 3.63) is 71.9 Å². The molecule has 0 radical (unpaired) electrons. The van der Waals surface area contributed by atoms with Gasteiger partial charge in [0.15, 0.2) is 0 Å². The highest BCUT2D eigenvalue weighted by molar-refractivity contribution is 5.75. The van der Waals surface area contributed by atoms with Crippen LogP contribution in [0.25, 0.3) is 11.4 Å². The molecule has 3 aromatic rings. The van der Waals surface area contributed by atoms with Gasteiger partial charge in [-0.25, -0.2) is 4.39 Å². The number of halogens is 1. The molecule has 1 N–H and O–H groups in total. The molecule has 1 unspecified atom stereocenters. The summed E-state index contributed by atoms with van der Waals surface area (Å²) in [5.74, 6) is 0.773. The minimum atomic E-state index is -0.269. The summed E-state index contributed by atoms with van der Waals surface area (Å²) >= 11 is 0. The van der Waals surface area contributed by atoms with E-state index < -0.39 is 0 Å². The number of ether oxygens (including phenoxy) is 1. The molecule has 2 aromatic carbocycles.